The summed E-state index contributed by atoms with van der Waals surface area (Å²) in [4.78, 5) is 0. The first kappa shape index (κ1) is 12.6. The van der Waals surface area contributed by atoms with Gasteiger partial charge < -0.3 is 21.1 Å². The van der Waals surface area contributed by atoms with E-state index in [1.165, 1.54) is 0 Å². The second-order valence-electron chi connectivity index (χ2n) is 2.68. The molecule has 0 aromatic heterocycles. The van der Waals surface area contributed by atoms with Crippen molar-refractivity contribution in [3.05, 3.63) is 0 Å². The first-order chi connectivity index (χ1) is 5.84. The van der Waals surface area contributed by atoms with Gasteiger partial charge in [-0.05, 0) is 0 Å². The number of alkyl halides is 3. The molecule has 0 saturated carbocycles. The number of hydrogen-bond acceptors (Lipinski definition) is 4. The molecule has 0 aliphatic rings. The second kappa shape index (κ2) is 4.75. The molecule has 0 rings (SSSR count). The molecule has 0 aromatic carbocycles. The Kier molecular flexibility index (Phi) is 4.62. The average Bonchev–Trinajstić information content (AvgIpc) is 2.03. The minimum absolute atomic E-state index is 0.724. The summed E-state index contributed by atoms with van der Waals surface area (Å²) >= 11 is 0. The van der Waals surface area contributed by atoms with Crippen molar-refractivity contribution in [3.63, 3.8) is 0 Å². The zero-order valence-corrected chi connectivity index (χ0v) is 6.70. The molecule has 0 bridgehead atoms. The van der Waals surface area contributed by atoms with Crippen LogP contribution in [0.4, 0.5) is 13.2 Å². The van der Waals surface area contributed by atoms with E-state index in [0.29, 0.717) is 0 Å². The van der Waals surface area contributed by atoms with Crippen molar-refractivity contribution in [3.8, 4) is 0 Å². The zero-order chi connectivity index (χ0) is 10.6. The third-order valence-corrected chi connectivity index (χ3v) is 1.71. The van der Waals surface area contributed by atoms with Gasteiger partial charge >= 0.3 is 6.18 Å². The first-order valence-electron chi connectivity index (χ1n) is 3.56. The molecule has 0 aromatic rings. The molecule has 0 amide bonds. The molecular formula is C6H12F3NO3. The standard InChI is InChI=1S/C6H12F3NO3/c7-6(8,9)5(13)3(1-11)4(10)2-12/h3-5,11-13H,1-2,10H2/t3-,4-,5+/m0/s1. The summed E-state index contributed by atoms with van der Waals surface area (Å²) in [6, 6.07) is -1.29. The number of rotatable bonds is 4. The summed E-state index contributed by atoms with van der Waals surface area (Å²) in [6.45, 7) is -1.65. The lowest BCUT2D eigenvalue weighted by Gasteiger charge is -2.26. The van der Waals surface area contributed by atoms with Crippen molar-refractivity contribution >= 4 is 0 Å². The van der Waals surface area contributed by atoms with Crippen LogP contribution in [0.5, 0.6) is 0 Å². The number of nitrogens with two attached hydrogens (primary N) is 1. The molecule has 80 valence electrons. The van der Waals surface area contributed by atoms with Gasteiger partial charge in [-0.3, -0.25) is 0 Å². The Labute approximate surface area is 72.8 Å². The van der Waals surface area contributed by atoms with Crippen molar-refractivity contribution in [2.75, 3.05) is 13.2 Å². The first-order valence-corrected chi connectivity index (χ1v) is 3.56. The van der Waals surface area contributed by atoms with Crippen LogP contribution < -0.4 is 5.73 Å². The van der Waals surface area contributed by atoms with Crippen LogP contribution in [0.1, 0.15) is 0 Å². The van der Waals surface area contributed by atoms with E-state index in [0.717, 1.165) is 0 Å². The molecule has 0 heterocycles. The molecule has 0 spiro atoms. The van der Waals surface area contributed by atoms with Crippen LogP contribution in [-0.2, 0) is 0 Å². The van der Waals surface area contributed by atoms with Crippen LogP contribution in [0.3, 0.4) is 0 Å². The Morgan fingerprint density at radius 1 is 1.15 bits per heavy atom. The maximum absolute atomic E-state index is 11.9. The molecule has 0 aliphatic carbocycles. The Balaban J connectivity index is 4.40. The molecule has 3 atom stereocenters. The Morgan fingerprint density at radius 2 is 1.62 bits per heavy atom. The quantitative estimate of drug-likeness (QED) is 0.464. The maximum Gasteiger partial charge on any atom is 0.414 e. The van der Waals surface area contributed by atoms with Gasteiger partial charge in [-0.15, -0.1) is 0 Å². The monoisotopic (exact) mass is 203 g/mol. The number of halogens is 3. The van der Waals surface area contributed by atoms with Crippen LogP contribution >= 0.6 is 0 Å². The van der Waals surface area contributed by atoms with Crippen LogP contribution in [0, 0.1) is 5.92 Å². The van der Waals surface area contributed by atoms with Crippen molar-refractivity contribution in [2.45, 2.75) is 18.3 Å². The molecule has 0 radical (unpaired) electrons. The number of hydrogen-bond donors (Lipinski definition) is 4. The van der Waals surface area contributed by atoms with Crippen LogP contribution in [-0.4, -0.2) is 46.9 Å². The highest BCUT2D eigenvalue weighted by atomic mass is 19.4. The van der Waals surface area contributed by atoms with Crippen molar-refractivity contribution in [2.24, 2.45) is 11.7 Å². The van der Waals surface area contributed by atoms with Gasteiger partial charge in [0.25, 0.3) is 0 Å². The van der Waals surface area contributed by atoms with E-state index in [-0.39, 0.29) is 0 Å². The van der Waals surface area contributed by atoms with Gasteiger partial charge in [0, 0.05) is 12.0 Å². The van der Waals surface area contributed by atoms with Crippen molar-refractivity contribution < 1.29 is 28.5 Å². The average molecular weight is 203 g/mol. The highest BCUT2D eigenvalue weighted by Crippen LogP contribution is 2.26. The lowest BCUT2D eigenvalue weighted by molar-refractivity contribution is -0.225. The Hall–Kier alpha value is -0.370. The summed E-state index contributed by atoms with van der Waals surface area (Å²) in [7, 11) is 0. The highest BCUT2D eigenvalue weighted by Gasteiger charge is 2.45. The number of aliphatic hydroxyl groups is 3. The predicted molar refractivity (Wildman–Crippen MR) is 37.7 cm³/mol. The van der Waals surface area contributed by atoms with E-state index < -0.39 is 37.5 Å². The Morgan fingerprint density at radius 3 is 1.85 bits per heavy atom. The Bertz CT molecular complexity index is 153. The third-order valence-electron chi connectivity index (χ3n) is 1.71. The molecule has 13 heavy (non-hydrogen) atoms. The van der Waals surface area contributed by atoms with Crippen LogP contribution in [0.15, 0.2) is 0 Å². The van der Waals surface area contributed by atoms with Gasteiger partial charge in [-0.1, -0.05) is 0 Å². The fourth-order valence-corrected chi connectivity index (χ4v) is 0.848. The molecule has 0 saturated heterocycles. The minimum Gasteiger partial charge on any atom is -0.396 e. The summed E-state index contributed by atoms with van der Waals surface area (Å²) in [5.41, 5.74) is 5.06. The van der Waals surface area contributed by atoms with Crippen molar-refractivity contribution in [1.29, 1.82) is 0 Å². The van der Waals surface area contributed by atoms with E-state index in [1.54, 1.807) is 0 Å². The fourth-order valence-electron chi connectivity index (χ4n) is 0.848. The van der Waals surface area contributed by atoms with E-state index in [1.807, 2.05) is 0 Å². The fraction of sp³-hybridized carbons (Fsp3) is 1.00. The van der Waals surface area contributed by atoms with Gasteiger partial charge in [0.1, 0.15) is 0 Å². The smallest absolute Gasteiger partial charge is 0.396 e. The zero-order valence-electron chi connectivity index (χ0n) is 6.70. The van der Waals surface area contributed by atoms with Crippen LogP contribution in [0.25, 0.3) is 0 Å². The summed E-state index contributed by atoms with van der Waals surface area (Å²) in [5, 5.41) is 25.6. The molecular weight excluding hydrogens is 191 g/mol. The summed E-state index contributed by atoms with van der Waals surface area (Å²) < 4.78 is 35.7. The second-order valence-corrected chi connectivity index (χ2v) is 2.68. The lowest BCUT2D eigenvalue weighted by Crippen LogP contribution is -2.48. The van der Waals surface area contributed by atoms with Crippen LogP contribution in [0.2, 0.25) is 0 Å². The van der Waals surface area contributed by atoms with Gasteiger partial charge in [0.05, 0.1) is 13.2 Å². The van der Waals surface area contributed by atoms with Gasteiger partial charge in [0.2, 0.25) is 0 Å². The normalized spacial score (nSPS) is 19.6. The summed E-state index contributed by atoms with van der Waals surface area (Å²) in [5.74, 6) is -1.59. The van der Waals surface area contributed by atoms with Crippen molar-refractivity contribution in [1.82, 2.24) is 0 Å². The van der Waals surface area contributed by atoms with E-state index in [9.17, 15) is 13.2 Å². The molecule has 0 aliphatic heterocycles. The molecule has 0 fully saturated rings. The van der Waals surface area contributed by atoms with E-state index >= 15 is 0 Å². The van der Waals surface area contributed by atoms with E-state index in [2.05, 4.69) is 0 Å². The SMILES string of the molecule is N[C@@H](CO)[C@H](CO)[C@@H](O)C(F)(F)F. The molecule has 7 heteroatoms. The molecule has 4 nitrogen and oxygen atoms in total. The third kappa shape index (κ3) is 3.47. The molecule has 5 N–H and O–H groups in total. The maximum atomic E-state index is 11.9. The van der Waals surface area contributed by atoms with Gasteiger partial charge in [-0.2, -0.15) is 13.2 Å². The highest BCUT2D eigenvalue weighted by molar-refractivity contribution is 4.82. The lowest BCUT2D eigenvalue weighted by atomic mass is 9.95. The largest absolute Gasteiger partial charge is 0.414 e. The van der Waals surface area contributed by atoms with Gasteiger partial charge in [0.15, 0.2) is 6.10 Å². The minimum atomic E-state index is -4.83. The topological polar surface area (TPSA) is 86.7 Å². The predicted octanol–water partition coefficient (Wildman–Crippen LogP) is -1.16. The van der Waals surface area contributed by atoms with E-state index in [4.69, 9.17) is 21.1 Å². The summed E-state index contributed by atoms with van der Waals surface area (Å²) in [6.07, 6.45) is -7.54. The van der Waals surface area contributed by atoms with Gasteiger partial charge in [-0.25, -0.2) is 0 Å². The number of aliphatic hydroxyl groups excluding tert-OH is 3. The molecule has 0 unspecified atom stereocenters.